The minimum Gasteiger partial charge on any atom is -0.315 e. The summed E-state index contributed by atoms with van der Waals surface area (Å²) in [6, 6.07) is 0.0520. The van der Waals surface area contributed by atoms with E-state index >= 15 is 0 Å². The highest BCUT2D eigenvalue weighted by atomic mass is 32.2. The zero-order valence-corrected chi connectivity index (χ0v) is 9.89. The van der Waals surface area contributed by atoms with Gasteiger partial charge in [-0.2, -0.15) is 0 Å². The van der Waals surface area contributed by atoms with Crippen LogP contribution >= 0.6 is 0 Å². The summed E-state index contributed by atoms with van der Waals surface area (Å²) in [6.45, 7) is 7.22. The van der Waals surface area contributed by atoms with Gasteiger partial charge in [0.25, 0.3) is 0 Å². The van der Waals surface area contributed by atoms with Crippen LogP contribution in [0.5, 0.6) is 0 Å². The van der Waals surface area contributed by atoms with Crippen LogP contribution in [0.2, 0.25) is 0 Å². The summed E-state index contributed by atoms with van der Waals surface area (Å²) in [6.07, 6.45) is 1.03. The second kappa shape index (κ2) is 4.59. The molecule has 0 aromatic rings. The molecule has 0 aromatic carbocycles. The molecule has 0 radical (unpaired) electrons. The van der Waals surface area contributed by atoms with Gasteiger partial charge in [-0.05, 0) is 32.7 Å². The van der Waals surface area contributed by atoms with Crippen molar-refractivity contribution in [3.8, 4) is 0 Å². The lowest BCUT2D eigenvalue weighted by atomic mass is 9.96. The average molecular weight is 220 g/mol. The van der Waals surface area contributed by atoms with Crippen molar-refractivity contribution in [1.82, 2.24) is 10.0 Å². The Morgan fingerprint density at radius 2 is 2.07 bits per heavy atom. The average Bonchev–Trinajstić information content (AvgIpc) is 2.08. The van der Waals surface area contributed by atoms with Crippen LogP contribution in [0.15, 0.2) is 0 Å². The van der Waals surface area contributed by atoms with Crippen LogP contribution in [-0.2, 0) is 10.0 Å². The van der Waals surface area contributed by atoms with Gasteiger partial charge in [-0.15, -0.1) is 0 Å². The summed E-state index contributed by atoms with van der Waals surface area (Å²) in [5.74, 6) is 0.421. The molecule has 84 valence electrons. The topological polar surface area (TPSA) is 58.2 Å². The highest BCUT2D eigenvalue weighted by Crippen LogP contribution is 2.13. The first-order valence-corrected chi connectivity index (χ1v) is 6.70. The lowest BCUT2D eigenvalue weighted by Gasteiger charge is -2.30. The van der Waals surface area contributed by atoms with Crippen LogP contribution in [0.1, 0.15) is 27.2 Å². The standard InChI is InChI=1S/C9H20N2O2S/c1-7(2)14(12,13)11-9-6-10-5-4-8(9)3/h7-11H,4-6H2,1-3H3. The normalized spacial score (nSPS) is 29.4. The van der Waals surface area contributed by atoms with E-state index in [0.29, 0.717) is 5.92 Å². The zero-order chi connectivity index (χ0) is 10.8. The number of piperidine rings is 1. The molecule has 1 aliphatic rings. The molecule has 0 bridgehead atoms. The molecule has 0 amide bonds. The molecule has 1 saturated heterocycles. The van der Waals surface area contributed by atoms with E-state index in [1.807, 2.05) is 0 Å². The van der Waals surface area contributed by atoms with E-state index in [9.17, 15) is 8.42 Å². The Bertz CT molecular complexity index is 275. The monoisotopic (exact) mass is 220 g/mol. The molecule has 2 atom stereocenters. The fourth-order valence-corrected chi connectivity index (χ4v) is 2.50. The molecule has 0 aliphatic carbocycles. The molecule has 1 rings (SSSR count). The van der Waals surface area contributed by atoms with Gasteiger partial charge in [-0.1, -0.05) is 6.92 Å². The van der Waals surface area contributed by atoms with Crippen molar-refractivity contribution in [2.45, 2.75) is 38.5 Å². The predicted octanol–water partition coefficient (Wildman–Crippen LogP) is 0.312. The Kier molecular flexibility index (Phi) is 3.92. The number of sulfonamides is 1. The van der Waals surface area contributed by atoms with Crippen LogP contribution in [0.3, 0.4) is 0 Å². The van der Waals surface area contributed by atoms with Crippen LogP contribution in [-0.4, -0.2) is 32.8 Å². The van der Waals surface area contributed by atoms with Gasteiger partial charge in [-0.3, -0.25) is 0 Å². The van der Waals surface area contributed by atoms with Crippen LogP contribution in [0.4, 0.5) is 0 Å². The molecule has 2 N–H and O–H groups in total. The van der Waals surface area contributed by atoms with Crippen molar-refractivity contribution in [2.75, 3.05) is 13.1 Å². The maximum atomic E-state index is 11.6. The van der Waals surface area contributed by atoms with Gasteiger partial charge < -0.3 is 5.32 Å². The lowest BCUT2D eigenvalue weighted by molar-refractivity contribution is 0.326. The van der Waals surface area contributed by atoms with E-state index < -0.39 is 10.0 Å². The predicted molar refractivity (Wildman–Crippen MR) is 57.6 cm³/mol. The third kappa shape index (κ3) is 2.93. The SMILES string of the molecule is CC1CCNCC1NS(=O)(=O)C(C)C. The van der Waals surface area contributed by atoms with Gasteiger partial charge in [0, 0.05) is 12.6 Å². The molecule has 0 spiro atoms. The molecule has 0 saturated carbocycles. The first kappa shape index (κ1) is 11.9. The lowest BCUT2D eigenvalue weighted by Crippen LogP contribution is -2.51. The molecule has 0 aromatic heterocycles. The molecule has 4 nitrogen and oxygen atoms in total. The summed E-state index contributed by atoms with van der Waals surface area (Å²) in [5, 5.41) is 2.85. The van der Waals surface area contributed by atoms with E-state index in [0.717, 1.165) is 19.5 Å². The van der Waals surface area contributed by atoms with Gasteiger partial charge in [0.1, 0.15) is 0 Å². The molecule has 5 heteroatoms. The first-order chi connectivity index (χ1) is 6.43. The van der Waals surface area contributed by atoms with E-state index in [1.54, 1.807) is 13.8 Å². The highest BCUT2D eigenvalue weighted by molar-refractivity contribution is 7.90. The number of hydrogen-bond acceptors (Lipinski definition) is 3. The minimum atomic E-state index is -3.12. The van der Waals surface area contributed by atoms with Crippen LogP contribution in [0.25, 0.3) is 0 Å². The summed E-state index contributed by atoms with van der Waals surface area (Å²) in [5.41, 5.74) is 0. The summed E-state index contributed by atoms with van der Waals surface area (Å²) < 4.78 is 26.0. The Balaban J connectivity index is 2.58. The van der Waals surface area contributed by atoms with Crippen LogP contribution < -0.4 is 10.0 Å². The molecule has 1 aliphatic heterocycles. The Morgan fingerprint density at radius 1 is 1.43 bits per heavy atom. The van der Waals surface area contributed by atoms with Gasteiger partial charge in [0.15, 0.2) is 0 Å². The second-order valence-corrected chi connectivity index (χ2v) is 6.56. The van der Waals surface area contributed by atoms with Crippen molar-refractivity contribution in [3.63, 3.8) is 0 Å². The quantitative estimate of drug-likeness (QED) is 0.720. The molecule has 14 heavy (non-hydrogen) atoms. The van der Waals surface area contributed by atoms with E-state index in [-0.39, 0.29) is 11.3 Å². The van der Waals surface area contributed by atoms with Gasteiger partial charge >= 0.3 is 0 Å². The maximum Gasteiger partial charge on any atom is 0.214 e. The van der Waals surface area contributed by atoms with E-state index in [1.165, 1.54) is 0 Å². The Labute approximate surface area is 86.5 Å². The third-order valence-corrected chi connectivity index (χ3v) is 4.64. The Hall–Kier alpha value is -0.130. The Morgan fingerprint density at radius 3 is 2.57 bits per heavy atom. The fraction of sp³-hybridized carbons (Fsp3) is 1.00. The zero-order valence-electron chi connectivity index (χ0n) is 9.08. The molecule has 1 heterocycles. The number of hydrogen-bond donors (Lipinski definition) is 2. The van der Waals surface area contributed by atoms with Gasteiger partial charge in [-0.25, -0.2) is 13.1 Å². The minimum absolute atomic E-state index is 0.0520. The number of rotatable bonds is 3. The van der Waals surface area contributed by atoms with E-state index in [4.69, 9.17) is 0 Å². The maximum absolute atomic E-state index is 11.6. The second-order valence-electron chi connectivity index (χ2n) is 4.29. The third-order valence-electron chi connectivity index (χ3n) is 2.76. The summed E-state index contributed by atoms with van der Waals surface area (Å²) in [7, 11) is -3.12. The largest absolute Gasteiger partial charge is 0.315 e. The van der Waals surface area contributed by atoms with Crippen molar-refractivity contribution in [1.29, 1.82) is 0 Å². The smallest absolute Gasteiger partial charge is 0.214 e. The molecule has 1 fully saturated rings. The molecular weight excluding hydrogens is 200 g/mol. The first-order valence-electron chi connectivity index (χ1n) is 5.15. The molecular formula is C9H20N2O2S. The van der Waals surface area contributed by atoms with Crippen LogP contribution in [0, 0.1) is 5.92 Å². The van der Waals surface area contributed by atoms with Crippen molar-refractivity contribution >= 4 is 10.0 Å². The fourth-order valence-electron chi connectivity index (χ4n) is 1.49. The van der Waals surface area contributed by atoms with Gasteiger partial charge in [0.05, 0.1) is 5.25 Å². The van der Waals surface area contributed by atoms with Crippen molar-refractivity contribution < 1.29 is 8.42 Å². The summed E-state index contributed by atoms with van der Waals surface area (Å²) >= 11 is 0. The van der Waals surface area contributed by atoms with Gasteiger partial charge in [0.2, 0.25) is 10.0 Å². The van der Waals surface area contributed by atoms with E-state index in [2.05, 4.69) is 17.0 Å². The van der Waals surface area contributed by atoms with Crippen molar-refractivity contribution in [2.24, 2.45) is 5.92 Å². The highest BCUT2D eigenvalue weighted by Gasteiger charge is 2.26. The summed E-state index contributed by atoms with van der Waals surface area (Å²) in [4.78, 5) is 0. The number of nitrogens with one attached hydrogen (secondary N) is 2. The van der Waals surface area contributed by atoms with Crippen molar-refractivity contribution in [3.05, 3.63) is 0 Å². The molecule has 2 unspecified atom stereocenters.